The molecule has 0 unspecified atom stereocenters. The maximum absolute atomic E-state index is 12.3. The largest absolute Gasteiger partial charge is 0.462 e. The number of aromatic amines is 1. The molecule has 2 aromatic heterocycles. The maximum Gasteiger partial charge on any atom is 0.339 e. The van der Waals surface area contributed by atoms with Crippen LogP contribution in [-0.4, -0.2) is 27.8 Å². The lowest BCUT2D eigenvalue weighted by atomic mass is 9.97. The number of fused-ring (bicyclic) bond motifs is 1. The van der Waals surface area contributed by atoms with Crippen LogP contribution in [-0.2, 0) is 4.74 Å². The van der Waals surface area contributed by atoms with Crippen molar-refractivity contribution in [1.29, 1.82) is 0 Å². The molecule has 0 aliphatic heterocycles. The molecule has 2 heterocycles. The molecule has 102 valence electrons. The Balaban J connectivity index is 2.83. The van der Waals surface area contributed by atoms with E-state index in [-0.39, 0.29) is 11.9 Å². The average Bonchev–Trinajstić information content (AvgIpc) is 2.68. The fourth-order valence-electron chi connectivity index (χ4n) is 1.95. The van der Waals surface area contributed by atoms with E-state index in [1.165, 1.54) is 0 Å². The van der Waals surface area contributed by atoms with Crippen molar-refractivity contribution in [2.24, 2.45) is 0 Å². The summed E-state index contributed by atoms with van der Waals surface area (Å²) in [7, 11) is 0. The molecule has 0 saturated heterocycles. The van der Waals surface area contributed by atoms with E-state index < -0.39 is 0 Å². The zero-order valence-electron chi connectivity index (χ0n) is 10.8. The third-order valence-electron chi connectivity index (χ3n) is 2.71. The second kappa shape index (κ2) is 5.58. The van der Waals surface area contributed by atoms with Crippen LogP contribution in [0.4, 0.5) is 0 Å². The highest BCUT2D eigenvalue weighted by Gasteiger charge is 2.25. The first kappa shape index (κ1) is 14.5. The van der Waals surface area contributed by atoms with Crippen LogP contribution in [0.3, 0.4) is 0 Å². The van der Waals surface area contributed by atoms with Gasteiger partial charge in [-0.05, 0) is 44.7 Å². The van der Waals surface area contributed by atoms with Crippen molar-refractivity contribution in [1.82, 2.24) is 15.2 Å². The zero-order chi connectivity index (χ0) is 14.2. The van der Waals surface area contributed by atoms with Gasteiger partial charge in [0.15, 0.2) is 5.65 Å². The van der Waals surface area contributed by atoms with Crippen molar-refractivity contribution in [3.8, 4) is 0 Å². The molecule has 1 N–H and O–H groups in total. The normalized spacial score (nSPS) is 11.3. The Labute approximate surface area is 127 Å². The minimum absolute atomic E-state index is 0.132. The van der Waals surface area contributed by atoms with E-state index >= 15 is 0 Å². The first-order valence-corrected chi connectivity index (χ1v) is 7.46. The molecular weight excluding hydrogens is 378 g/mol. The van der Waals surface area contributed by atoms with Crippen molar-refractivity contribution in [3.05, 3.63) is 20.3 Å². The van der Waals surface area contributed by atoms with Gasteiger partial charge in [0.1, 0.15) is 9.21 Å². The number of hydrogen-bond acceptors (Lipinski definition) is 4. The van der Waals surface area contributed by atoms with Gasteiger partial charge in [0.25, 0.3) is 0 Å². The van der Waals surface area contributed by atoms with Crippen LogP contribution in [0.1, 0.15) is 42.6 Å². The number of carbonyl (C=O) groups excluding carboxylic acids is 1. The summed E-state index contributed by atoms with van der Waals surface area (Å²) in [5, 5.41) is 7.50. The van der Waals surface area contributed by atoms with Crippen molar-refractivity contribution in [2.75, 3.05) is 6.61 Å². The van der Waals surface area contributed by atoms with Gasteiger partial charge in [-0.2, -0.15) is 5.10 Å². The molecule has 5 nitrogen and oxygen atoms in total. The van der Waals surface area contributed by atoms with Gasteiger partial charge in [-0.3, -0.25) is 5.10 Å². The summed E-state index contributed by atoms with van der Waals surface area (Å²) in [5.74, 6) is -0.228. The molecule has 0 aliphatic carbocycles. The van der Waals surface area contributed by atoms with Crippen LogP contribution in [0, 0.1) is 0 Å². The lowest BCUT2D eigenvalue weighted by Crippen LogP contribution is -2.11. The number of rotatable bonds is 3. The van der Waals surface area contributed by atoms with Gasteiger partial charge in [0.05, 0.1) is 17.6 Å². The van der Waals surface area contributed by atoms with Crippen LogP contribution in [0.15, 0.2) is 9.21 Å². The minimum Gasteiger partial charge on any atom is -0.462 e. The van der Waals surface area contributed by atoms with Gasteiger partial charge in [-0.25, -0.2) is 9.78 Å². The summed E-state index contributed by atoms with van der Waals surface area (Å²) in [6.07, 6.45) is 0. The highest BCUT2D eigenvalue weighted by atomic mass is 79.9. The maximum atomic E-state index is 12.3. The summed E-state index contributed by atoms with van der Waals surface area (Å²) in [5.41, 5.74) is 1.81. The minimum atomic E-state index is -0.360. The number of carbonyl (C=O) groups is 1. The Morgan fingerprint density at radius 2 is 2.11 bits per heavy atom. The van der Waals surface area contributed by atoms with E-state index in [1.807, 2.05) is 13.8 Å². The van der Waals surface area contributed by atoms with Crippen molar-refractivity contribution < 1.29 is 9.53 Å². The van der Waals surface area contributed by atoms with Gasteiger partial charge in [0.2, 0.25) is 0 Å². The van der Waals surface area contributed by atoms with Gasteiger partial charge < -0.3 is 4.74 Å². The highest BCUT2D eigenvalue weighted by molar-refractivity contribution is 9.10. The summed E-state index contributed by atoms with van der Waals surface area (Å²) >= 11 is 6.77. The molecule has 0 aliphatic rings. The molecule has 0 saturated carbocycles. The molecule has 7 heteroatoms. The number of pyridine rings is 1. The first-order chi connectivity index (χ1) is 8.97. The Morgan fingerprint density at radius 1 is 1.42 bits per heavy atom. The van der Waals surface area contributed by atoms with Crippen molar-refractivity contribution >= 4 is 48.9 Å². The molecule has 0 bridgehead atoms. The Bertz CT molecular complexity index is 637. The monoisotopic (exact) mass is 389 g/mol. The highest BCUT2D eigenvalue weighted by Crippen LogP contribution is 2.35. The summed E-state index contributed by atoms with van der Waals surface area (Å²) in [4.78, 5) is 16.6. The summed E-state index contributed by atoms with van der Waals surface area (Å²) in [6, 6.07) is 0. The Hall–Kier alpha value is -0.950. The molecular formula is C12H13Br2N3O2. The smallest absolute Gasteiger partial charge is 0.339 e. The predicted molar refractivity (Wildman–Crippen MR) is 79.3 cm³/mol. The number of hydrogen-bond donors (Lipinski definition) is 1. The van der Waals surface area contributed by atoms with Gasteiger partial charge in [0, 0.05) is 5.56 Å². The van der Waals surface area contributed by atoms with Crippen LogP contribution in [0.5, 0.6) is 0 Å². The molecule has 2 aromatic rings. The zero-order valence-corrected chi connectivity index (χ0v) is 13.9. The quantitative estimate of drug-likeness (QED) is 0.639. The van der Waals surface area contributed by atoms with E-state index in [0.29, 0.717) is 32.4 Å². The Morgan fingerprint density at radius 3 is 2.68 bits per heavy atom. The molecule has 19 heavy (non-hydrogen) atoms. The van der Waals surface area contributed by atoms with Crippen LogP contribution in [0.25, 0.3) is 11.0 Å². The van der Waals surface area contributed by atoms with E-state index in [9.17, 15) is 4.79 Å². The number of halogens is 2. The second-order valence-electron chi connectivity index (χ2n) is 4.30. The SMILES string of the molecule is CCOC(=O)c1c(C(C)C)c(Br)nc2n[nH]c(Br)c12. The van der Waals surface area contributed by atoms with Crippen LogP contribution >= 0.6 is 31.9 Å². The third kappa shape index (κ3) is 2.53. The van der Waals surface area contributed by atoms with Crippen LogP contribution in [0.2, 0.25) is 0 Å². The van der Waals surface area contributed by atoms with Gasteiger partial charge >= 0.3 is 5.97 Å². The van der Waals surface area contributed by atoms with Crippen LogP contribution < -0.4 is 0 Å². The number of H-pyrrole nitrogens is 1. The lowest BCUT2D eigenvalue weighted by Gasteiger charge is -2.14. The van der Waals surface area contributed by atoms with E-state index in [4.69, 9.17) is 4.74 Å². The lowest BCUT2D eigenvalue weighted by molar-refractivity contribution is 0.0526. The van der Waals surface area contributed by atoms with E-state index in [2.05, 4.69) is 47.0 Å². The number of nitrogens with one attached hydrogen (secondary N) is 1. The molecule has 0 aromatic carbocycles. The molecule has 0 amide bonds. The molecule has 0 atom stereocenters. The fraction of sp³-hybridized carbons (Fsp3) is 0.417. The second-order valence-corrected chi connectivity index (χ2v) is 5.85. The third-order valence-corrected chi connectivity index (χ3v) is 3.88. The number of esters is 1. The van der Waals surface area contributed by atoms with E-state index in [0.717, 1.165) is 5.56 Å². The standard InChI is InChI=1S/C12H13Br2N3O2/c1-4-19-12(18)7-6(5(2)3)9(13)15-11-8(7)10(14)16-17-11/h5H,4H2,1-3H3,(H,15,16,17). The molecule has 0 fully saturated rings. The first-order valence-electron chi connectivity index (χ1n) is 5.87. The van der Waals surface area contributed by atoms with Gasteiger partial charge in [-0.15, -0.1) is 0 Å². The van der Waals surface area contributed by atoms with Crippen molar-refractivity contribution in [2.45, 2.75) is 26.7 Å². The number of aromatic nitrogens is 3. The fourth-order valence-corrected chi connectivity index (χ4v) is 3.24. The average molecular weight is 391 g/mol. The number of nitrogens with zero attached hydrogens (tertiary/aromatic N) is 2. The summed E-state index contributed by atoms with van der Waals surface area (Å²) < 4.78 is 6.41. The van der Waals surface area contributed by atoms with Crippen molar-refractivity contribution in [3.63, 3.8) is 0 Å². The molecule has 2 rings (SSSR count). The van der Waals surface area contributed by atoms with E-state index in [1.54, 1.807) is 6.92 Å². The molecule has 0 radical (unpaired) electrons. The summed E-state index contributed by atoms with van der Waals surface area (Å²) in [6.45, 7) is 6.12. The number of ether oxygens (including phenoxy) is 1. The molecule has 0 spiro atoms. The van der Waals surface area contributed by atoms with Gasteiger partial charge in [-0.1, -0.05) is 13.8 Å². The Kier molecular flexibility index (Phi) is 4.25. The predicted octanol–water partition coefficient (Wildman–Crippen LogP) is 3.78. The topological polar surface area (TPSA) is 67.9 Å².